The van der Waals surface area contributed by atoms with Crippen molar-refractivity contribution in [3.8, 4) is 0 Å². The molecular formula is C31H26N2O. The van der Waals surface area contributed by atoms with E-state index in [4.69, 9.17) is 9.97 Å². The fourth-order valence-electron chi connectivity index (χ4n) is 4.89. The second-order valence-electron chi connectivity index (χ2n) is 8.39. The first kappa shape index (κ1) is 21.7. The Morgan fingerprint density at radius 2 is 0.853 bits per heavy atom. The van der Waals surface area contributed by atoms with Gasteiger partial charge in [0.05, 0.1) is 23.2 Å². The number of nitrogens with zero attached hydrogens (tertiary/aromatic N) is 2. The van der Waals surface area contributed by atoms with Crippen molar-refractivity contribution < 1.29 is 5.11 Å². The average molecular weight is 443 g/mol. The van der Waals surface area contributed by atoms with Crippen molar-refractivity contribution in [3.05, 3.63) is 168 Å². The minimum atomic E-state index is -1.38. The second kappa shape index (κ2) is 9.82. The monoisotopic (exact) mass is 442 g/mol. The molecule has 3 nitrogen and oxygen atoms in total. The molecule has 0 aliphatic heterocycles. The Balaban J connectivity index is 1.85. The fourth-order valence-corrected chi connectivity index (χ4v) is 4.89. The highest BCUT2D eigenvalue weighted by Crippen LogP contribution is 2.51. The third-order valence-electron chi connectivity index (χ3n) is 6.35. The van der Waals surface area contributed by atoms with Gasteiger partial charge in [-0.3, -0.25) is 9.97 Å². The summed E-state index contributed by atoms with van der Waals surface area (Å²) < 4.78 is 0. The van der Waals surface area contributed by atoms with Gasteiger partial charge >= 0.3 is 0 Å². The smallest absolute Gasteiger partial charge is 0.114 e. The summed E-state index contributed by atoms with van der Waals surface area (Å²) in [5, 5.41) is 13.1. The maximum Gasteiger partial charge on any atom is 0.114 e. The zero-order valence-electron chi connectivity index (χ0n) is 18.8. The number of pyridine rings is 2. The summed E-state index contributed by atoms with van der Waals surface area (Å²) >= 11 is 0. The fraction of sp³-hybridized carbons (Fsp3) is 0.0968. The summed E-state index contributed by atoms with van der Waals surface area (Å²) in [6.45, 7) is 0. The maximum absolute atomic E-state index is 13.1. The zero-order chi connectivity index (χ0) is 23.2. The molecule has 3 heteroatoms. The van der Waals surface area contributed by atoms with Crippen molar-refractivity contribution in [1.29, 1.82) is 0 Å². The Morgan fingerprint density at radius 1 is 0.471 bits per heavy atom. The van der Waals surface area contributed by atoms with Crippen molar-refractivity contribution in [2.75, 3.05) is 0 Å². The van der Waals surface area contributed by atoms with E-state index in [1.54, 1.807) is 12.4 Å². The molecule has 166 valence electrons. The van der Waals surface area contributed by atoms with Crippen LogP contribution >= 0.6 is 0 Å². The highest BCUT2D eigenvalue weighted by molar-refractivity contribution is 5.45. The van der Waals surface area contributed by atoms with Crippen molar-refractivity contribution in [3.63, 3.8) is 0 Å². The molecule has 3 aromatic carbocycles. The summed E-state index contributed by atoms with van der Waals surface area (Å²) in [5.74, 6) is -0.881. The van der Waals surface area contributed by atoms with Gasteiger partial charge in [-0.15, -0.1) is 0 Å². The lowest BCUT2D eigenvalue weighted by Gasteiger charge is -2.43. The van der Waals surface area contributed by atoms with Gasteiger partial charge in [0, 0.05) is 12.4 Å². The number of benzene rings is 3. The summed E-state index contributed by atoms with van der Waals surface area (Å²) in [6, 6.07) is 41.9. The van der Waals surface area contributed by atoms with E-state index in [0.717, 1.165) is 28.1 Å². The molecule has 5 rings (SSSR count). The molecule has 0 amide bonds. The lowest BCUT2D eigenvalue weighted by Crippen LogP contribution is -2.41. The Hall–Kier alpha value is -4.08. The molecule has 2 unspecified atom stereocenters. The molecule has 0 fully saturated rings. The second-order valence-corrected chi connectivity index (χ2v) is 8.39. The summed E-state index contributed by atoms with van der Waals surface area (Å²) in [5.41, 5.74) is 3.02. The van der Waals surface area contributed by atoms with Crippen LogP contribution in [0, 0.1) is 0 Å². The van der Waals surface area contributed by atoms with Crippen LogP contribution in [0.4, 0.5) is 0 Å². The van der Waals surface area contributed by atoms with Crippen LogP contribution in [-0.2, 0) is 5.60 Å². The third kappa shape index (κ3) is 4.14. The van der Waals surface area contributed by atoms with E-state index in [1.807, 2.05) is 103 Å². The van der Waals surface area contributed by atoms with E-state index in [-0.39, 0.29) is 0 Å². The molecule has 0 saturated heterocycles. The van der Waals surface area contributed by atoms with Crippen molar-refractivity contribution in [2.24, 2.45) is 0 Å². The number of aromatic nitrogens is 2. The molecule has 1 N–H and O–H groups in total. The number of hydrogen-bond donors (Lipinski definition) is 1. The highest BCUT2D eigenvalue weighted by atomic mass is 16.3. The summed E-state index contributed by atoms with van der Waals surface area (Å²) in [7, 11) is 0. The van der Waals surface area contributed by atoms with Crippen LogP contribution in [0.5, 0.6) is 0 Å². The van der Waals surface area contributed by atoms with Crippen LogP contribution in [-0.4, -0.2) is 15.1 Å². The molecule has 5 aromatic rings. The molecule has 0 saturated carbocycles. The van der Waals surface area contributed by atoms with Gasteiger partial charge in [-0.1, -0.05) is 103 Å². The van der Waals surface area contributed by atoms with Crippen molar-refractivity contribution in [1.82, 2.24) is 9.97 Å². The highest BCUT2D eigenvalue weighted by Gasteiger charge is 2.49. The van der Waals surface area contributed by atoms with E-state index < -0.39 is 17.4 Å². The van der Waals surface area contributed by atoms with Crippen LogP contribution in [0.2, 0.25) is 0 Å². The van der Waals surface area contributed by atoms with Crippen LogP contribution < -0.4 is 0 Å². The van der Waals surface area contributed by atoms with Crippen LogP contribution in [0.3, 0.4) is 0 Å². The van der Waals surface area contributed by atoms with Crippen LogP contribution in [0.15, 0.2) is 140 Å². The number of rotatable bonds is 7. The van der Waals surface area contributed by atoms with Gasteiger partial charge in [0.25, 0.3) is 0 Å². The first-order chi connectivity index (χ1) is 16.8. The molecule has 0 radical (unpaired) electrons. The van der Waals surface area contributed by atoms with Crippen molar-refractivity contribution >= 4 is 0 Å². The number of hydrogen-bond acceptors (Lipinski definition) is 3. The Kier molecular flexibility index (Phi) is 6.28. The largest absolute Gasteiger partial charge is 0.383 e. The molecule has 0 aliphatic carbocycles. The van der Waals surface area contributed by atoms with E-state index >= 15 is 0 Å². The molecule has 0 spiro atoms. The van der Waals surface area contributed by atoms with Gasteiger partial charge in [-0.05, 0) is 41.0 Å². The molecule has 0 bridgehead atoms. The molecule has 2 aromatic heterocycles. The van der Waals surface area contributed by atoms with Crippen LogP contribution in [0.25, 0.3) is 0 Å². The average Bonchev–Trinajstić information content (AvgIpc) is 2.92. The molecule has 2 atom stereocenters. The maximum atomic E-state index is 13.1. The Morgan fingerprint density at radius 3 is 1.24 bits per heavy atom. The first-order valence-corrected chi connectivity index (χ1v) is 11.5. The number of aliphatic hydroxyl groups is 1. The third-order valence-corrected chi connectivity index (χ3v) is 6.35. The van der Waals surface area contributed by atoms with Gasteiger partial charge < -0.3 is 5.11 Å². The predicted octanol–water partition coefficient (Wildman–Crippen LogP) is 6.33. The Bertz CT molecular complexity index is 1130. The van der Waals surface area contributed by atoms with Gasteiger partial charge in [0.1, 0.15) is 5.60 Å². The Labute approximate surface area is 200 Å². The topological polar surface area (TPSA) is 46.0 Å². The lowest BCUT2D eigenvalue weighted by atomic mass is 9.65. The molecule has 34 heavy (non-hydrogen) atoms. The quantitative estimate of drug-likeness (QED) is 0.320. The van der Waals surface area contributed by atoms with Gasteiger partial charge in [-0.25, -0.2) is 0 Å². The molecular weight excluding hydrogens is 416 g/mol. The minimum absolute atomic E-state index is 0.440. The normalized spacial score (nSPS) is 14.6. The van der Waals surface area contributed by atoms with E-state index in [9.17, 15) is 5.11 Å². The van der Waals surface area contributed by atoms with E-state index in [2.05, 4.69) is 24.3 Å². The molecule has 2 heterocycles. The van der Waals surface area contributed by atoms with Crippen molar-refractivity contribution in [2.45, 2.75) is 17.4 Å². The van der Waals surface area contributed by atoms with E-state index in [1.165, 1.54) is 0 Å². The van der Waals surface area contributed by atoms with Gasteiger partial charge in [-0.2, -0.15) is 0 Å². The minimum Gasteiger partial charge on any atom is -0.383 e. The molecule has 0 aliphatic rings. The zero-order valence-corrected chi connectivity index (χ0v) is 18.8. The summed E-state index contributed by atoms with van der Waals surface area (Å²) in [4.78, 5) is 9.47. The standard InChI is InChI=1S/C31H26N2O/c34-31(26-18-8-3-9-19-26,29(24-14-4-1-5-15-24)27-20-10-12-22-32-27)30(25-16-6-2-7-17-25)28-21-11-13-23-33-28/h1-23,29-30,34H. The van der Waals surface area contributed by atoms with Gasteiger partial charge in [0.15, 0.2) is 0 Å². The predicted molar refractivity (Wildman–Crippen MR) is 135 cm³/mol. The van der Waals surface area contributed by atoms with Gasteiger partial charge in [0.2, 0.25) is 0 Å². The van der Waals surface area contributed by atoms with Crippen LogP contribution in [0.1, 0.15) is 39.9 Å². The lowest BCUT2D eigenvalue weighted by molar-refractivity contribution is -0.0000609. The van der Waals surface area contributed by atoms with E-state index in [0.29, 0.717) is 0 Å². The first-order valence-electron chi connectivity index (χ1n) is 11.5. The SMILES string of the molecule is OC(c1ccccc1)(C(c1ccccc1)c1ccccn1)C(c1ccccc1)c1ccccn1. The summed E-state index contributed by atoms with van der Waals surface area (Å²) in [6.07, 6.45) is 3.57.